The zero-order valence-electron chi connectivity index (χ0n) is 20.2. The summed E-state index contributed by atoms with van der Waals surface area (Å²) < 4.78 is 18.7. The molecule has 4 atom stereocenters. The predicted octanol–water partition coefficient (Wildman–Crippen LogP) is 6.23. The van der Waals surface area contributed by atoms with Crippen molar-refractivity contribution in [2.45, 2.75) is 45.3 Å². The fraction of sp³-hybridized carbons (Fsp3) is 0.407. The van der Waals surface area contributed by atoms with Gasteiger partial charge in [0.2, 0.25) is 0 Å². The molecule has 8 heteroatoms. The molecular weight excluding hydrogens is 461 g/mol. The van der Waals surface area contributed by atoms with E-state index in [0.29, 0.717) is 28.8 Å². The van der Waals surface area contributed by atoms with Gasteiger partial charge in [0, 0.05) is 16.1 Å². The van der Waals surface area contributed by atoms with Gasteiger partial charge in [0.1, 0.15) is 24.5 Å². The Balaban J connectivity index is 1.11. The molecule has 7 rings (SSSR count). The van der Waals surface area contributed by atoms with Crippen molar-refractivity contribution in [1.29, 1.82) is 0 Å². The van der Waals surface area contributed by atoms with Crippen molar-refractivity contribution in [3.8, 4) is 5.75 Å². The first-order valence-corrected chi connectivity index (χ1v) is 12.6. The molecular formula is C27H29BClN3O3. The lowest BCUT2D eigenvalue weighted by Gasteiger charge is -2.64. The van der Waals surface area contributed by atoms with Gasteiger partial charge < -0.3 is 19.4 Å². The predicted molar refractivity (Wildman–Crippen MR) is 139 cm³/mol. The van der Waals surface area contributed by atoms with Gasteiger partial charge in [-0.15, -0.1) is 0 Å². The molecule has 0 radical (unpaired) electrons. The van der Waals surface area contributed by atoms with Crippen LogP contribution in [-0.2, 0) is 9.31 Å². The third-order valence-electron chi connectivity index (χ3n) is 8.30. The van der Waals surface area contributed by atoms with E-state index in [4.69, 9.17) is 25.6 Å². The summed E-state index contributed by atoms with van der Waals surface area (Å²) in [7, 11) is -0.317. The van der Waals surface area contributed by atoms with E-state index in [-0.39, 0.29) is 18.8 Å². The highest BCUT2D eigenvalue weighted by atomic mass is 35.5. The molecule has 1 N–H and O–H groups in total. The van der Waals surface area contributed by atoms with Crippen LogP contribution in [0.25, 0.3) is 10.9 Å². The molecule has 6 nitrogen and oxygen atoms in total. The van der Waals surface area contributed by atoms with Gasteiger partial charge in [0.05, 0.1) is 17.2 Å². The Morgan fingerprint density at radius 3 is 2.89 bits per heavy atom. The summed E-state index contributed by atoms with van der Waals surface area (Å²) in [5.74, 6) is 4.72. The molecule has 3 saturated carbocycles. The lowest BCUT2D eigenvalue weighted by atomic mass is 9.43. The fourth-order valence-electron chi connectivity index (χ4n) is 6.22. The first kappa shape index (κ1) is 22.8. The maximum Gasteiger partial charge on any atom is 0.486 e. The highest BCUT2D eigenvalue weighted by Gasteiger charge is 2.67. The SMILES string of the molecule is CC1(C)[C@H]2CC3OB(/C=C/COc4ccc5ncnc(Nc6cccc(Cl)c6)c5c4)O[C@@]3(C)[C@@H]1C2. The van der Waals surface area contributed by atoms with Gasteiger partial charge in [0.15, 0.2) is 0 Å². The van der Waals surface area contributed by atoms with Crippen molar-refractivity contribution in [3.05, 3.63) is 65.9 Å². The van der Waals surface area contributed by atoms with Crippen molar-refractivity contribution >= 4 is 41.1 Å². The highest BCUT2D eigenvalue weighted by Crippen LogP contribution is 2.65. The number of hydrogen-bond donors (Lipinski definition) is 1. The Kier molecular flexibility index (Phi) is 5.55. The Hall–Kier alpha value is -2.61. The molecule has 2 bridgehead atoms. The zero-order chi connectivity index (χ0) is 24.2. The summed E-state index contributed by atoms with van der Waals surface area (Å²) in [6, 6.07) is 13.3. The minimum atomic E-state index is -0.317. The van der Waals surface area contributed by atoms with Crippen LogP contribution in [0.1, 0.15) is 33.6 Å². The van der Waals surface area contributed by atoms with Gasteiger partial charge in [0.25, 0.3) is 0 Å². The van der Waals surface area contributed by atoms with E-state index >= 15 is 0 Å². The van der Waals surface area contributed by atoms with Crippen LogP contribution in [0.5, 0.6) is 5.75 Å². The molecule has 35 heavy (non-hydrogen) atoms. The minimum Gasteiger partial charge on any atom is -0.490 e. The zero-order valence-corrected chi connectivity index (χ0v) is 21.0. The molecule has 3 aliphatic carbocycles. The second-order valence-electron chi connectivity index (χ2n) is 10.6. The summed E-state index contributed by atoms with van der Waals surface area (Å²) in [6.45, 7) is 7.39. The van der Waals surface area contributed by atoms with Crippen LogP contribution in [0.15, 0.2) is 60.8 Å². The van der Waals surface area contributed by atoms with Crippen molar-refractivity contribution in [2.75, 3.05) is 11.9 Å². The van der Waals surface area contributed by atoms with E-state index in [9.17, 15) is 0 Å². The summed E-state index contributed by atoms with van der Waals surface area (Å²) >= 11 is 6.12. The average Bonchev–Trinajstić information content (AvgIpc) is 3.18. The molecule has 2 aromatic carbocycles. The van der Waals surface area contributed by atoms with Crippen LogP contribution in [0.4, 0.5) is 11.5 Å². The summed E-state index contributed by atoms with van der Waals surface area (Å²) in [4.78, 5) is 8.79. The second kappa shape index (κ2) is 8.51. The second-order valence-corrected chi connectivity index (χ2v) is 11.0. The lowest BCUT2D eigenvalue weighted by molar-refractivity contribution is -0.199. The smallest absolute Gasteiger partial charge is 0.486 e. The maximum atomic E-state index is 6.43. The maximum absolute atomic E-state index is 6.43. The Morgan fingerprint density at radius 2 is 2.06 bits per heavy atom. The number of rotatable bonds is 6. The van der Waals surface area contributed by atoms with E-state index in [2.05, 4.69) is 36.1 Å². The van der Waals surface area contributed by atoms with Gasteiger partial charge in [-0.2, -0.15) is 0 Å². The molecule has 0 amide bonds. The molecule has 1 aromatic heterocycles. The first-order valence-electron chi connectivity index (χ1n) is 12.2. The minimum absolute atomic E-state index is 0.181. The van der Waals surface area contributed by atoms with E-state index in [1.165, 1.54) is 6.42 Å². The van der Waals surface area contributed by atoms with Crippen molar-refractivity contribution < 1.29 is 14.0 Å². The van der Waals surface area contributed by atoms with E-state index < -0.39 is 0 Å². The average molecular weight is 490 g/mol. The fourth-order valence-corrected chi connectivity index (χ4v) is 6.41. The largest absolute Gasteiger partial charge is 0.490 e. The number of hydrogen-bond acceptors (Lipinski definition) is 6. The monoisotopic (exact) mass is 489 g/mol. The van der Waals surface area contributed by atoms with Crippen LogP contribution in [0, 0.1) is 17.3 Å². The molecule has 2 heterocycles. The Morgan fingerprint density at radius 1 is 1.17 bits per heavy atom. The third kappa shape index (κ3) is 4.00. The van der Waals surface area contributed by atoms with Crippen molar-refractivity contribution in [1.82, 2.24) is 9.97 Å². The van der Waals surface area contributed by atoms with Gasteiger partial charge in [-0.05, 0) is 73.4 Å². The van der Waals surface area contributed by atoms with E-state index in [1.807, 2.05) is 54.5 Å². The number of nitrogens with one attached hydrogen (secondary N) is 1. The van der Waals surface area contributed by atoms with Crippen LogP contribution in [-0.4, -0.2) is 35.4 Å². The van der Waals surface area contributed by atoms with E-state index in [0.717, 1.165) is 34.7 Å². The molecule has 180 valence electrons. The van der Waals surface area contributed by atoms with Crippen LogP contribution in [0.3, 0.4) is 0 Å². The normalized spacial score (nSPS) is 28.7. The standard InChI is InChI=1S/C27H29BClN3O3/c1-26(2)17-12-23(26)27(3)24(13-17)34-28(35-27)10-5-11-33-20-8-9-22-21(15-20)25(31-16-30-22)32-19-7-4-6-18(29)14-19/h4-10,14-17,23-24H,11-13H2,1-3H3,(H,30,31,32)/b10-5+/t17-,23-,24?,27+/m1/s1. The summed E-state index contributed by atoms with van der Waals surface area (Å²) in [5.41, 5.74) is 1.84. The molecule has 1 aliphatic heterocycles. The highest BCUT2D eigenvalue weighted by molar-refractivity contribution is 6.51. The van der Waals surface area contributed by atoms with Crippen LogP contribution < -0.4 is 10.1 Å². The number of nitrogens with zero attached hydrogens (tertiary/aromatic N) is 2. The van der Waals surface area contributed by atoms with Gasteiger partial charge >= 0.3 is 7.12 Å². The number of fused-ring (bicyclic) bond motifs is 1. The molecule has 0 spiro atoms. The lowest BCUT2D eigenvalue weighted by Crippen LogP contribution is -2.65. The number of halogens is 1. The van der Waals surface area contributed by atoms with Gasteiger partial charge in [-0.3, -0.25) is 0 Å². The topological polar surface area (TPSA) is 65.5 Å². The first-order chi connectivity index (χ1) is 16.8. The Labute approximate surface area is 211 Å². The molecule has 4 fully saturated rings. The van der Waals surface area contributed by atoms with Gasteiger partial charge in [-0.1, -0.05) is 43.6 Å². The van der Waals surface area contributed by atoms with Crippen LogP contribution >= 0.6 is 11.6 Å². The number of ether oxygens (including phenoxy) is 1. The summed E-state index contributed by atoms with van der Waals surface area (Å²) in [5, 5.41) is 4.85. The van der Waals surface area contributed by atoms with Crippen molar-refractivity contribution in [3.63, 3.8) is 0 Å². The quantitative estimate of drug-likeness (QED) is 0.414. The number of anilines is 2. The Bertz CT molecular complexity index is 1300. The summed E-state index contributed by atoms with van der Waals surface area (Å²) in [6.07, 6.45) is 6.04. The molecule has 3 aromatic rings. The third-order valence-corrected chi connectivity index (χ3v) is 8.54. The number of aromatic nitrogens is 2. The van der Waals surface area contributed by atoms with Crippen molar-refractivity contribution in [2.24, 2.45) is 17.3 Å². The van der Waals surface area contributed by atoms with E-state index in [1.54, 1.807) is 6.33 Å². The van der Waals surface area contributed by atoms with Crippen LogP contribution in [0.2, 0.25) is 5.02 Å². The molecule has 4 aliphatic rings. The molecule has 1 unspecified atom stereocenters. The molecule has 1 saturated heterocycles. The van der Waals surface area contributed by atoms with Gasteiger partial charge in [-0.25, -0.2) is 9.97 Å². The number of benzene rings is 2.